The number of fused-ring (bicyclic) bond motifs is 5. The number of hydrogen-bond donors (Lipinski definition) is 0. The molecule has 0 aliphatic carbocycles. The molecular formula is C19H17N3O3. The maximum absolute atomic E-state index is 12.8. The van der Waals surface area contributed by atoms with Gasteiger partial charge in [-0.05, 0) is 36.6 Å². The Labute approximate surface area is 145 Å². The Morgan fingerprint density at radius 3 is 3.12 bits per heavy atom. The molecule has 0 radical (unpaired) electrons. The maximum Gasteiger partial charge on any atom is 0.247 e. The van der Waals surface area contributed by atoms with Crippen molar-refractivity contribution in [2.45, 2.75) is 31.3 Å². The predicted molar refractivity (Wildman–Crippen MR) is 89.9 cm³/mol. The minimum atomic E-state index is 0.0414. The van der Waals surface area contributed by atoms with Crippen LogP contribution in [-0.2, 0) is 11.2 Å². The van der Waals surface area contributed by atoms with Crippen molar-refractivity contribution in [3.05, 3.63) is 53.6 Å². The lowest BCUT2D eigenvalue weighted by Crippen LogP contribution is -2.41. The number of ether oxygens (including phenoxy) is 2. The van der Waals surface area contributed by atoms with Crippen molar-refractivity contribution in [2.75, 3.05) is 6.79 Å². The minimum Gasteiger partial charge on any atom is -0.454 e. The summed E-state index contributed by atoms with van der Waals surface area (Å²) in [6.45, 7) is 0.250. The summed E-state index contributed by atoms with van der Waals surface area (Å²) >= 11 is 0. The monoisotopic (exact) mass is 335 g/mol. The molecule has 2 aromatic rings. The van der Waals surface area contributed by atoms with Crippen LogP contribution in [0.4, 0.5) is 0 Å². The van der Waals surface area contributed by atoms with E-state index < -0.39 is 0 Å². The molecule has 126 valence electrons. The number of carbonyl (C=O) groups excluding carboxylic acids is 1. The van der Waals surface area contributed by atoms with Gasteiger partial charge in [0.15, 0.2) is 11.5 Å². The zero-order valence-electron chi connectivity index (χ0n) is 13.6. The summed E-state index contributed by atoms with van der Waals surface area (Å²) in [4.78, 5) is 23.3. The molecule has 2 bridgehead atoms. The van der Waals surface area contributed by atoms with Crippen LogP contribution in [-0.4, -0.2) is 33.6 Å². The van der Waals surface area contributed by atoms with Gasteiger partial charge in [-0.3, -0.25) is 4.79 Å². The largest absolute Gasteiger partial charge is 0.454 e. The van der Waals surface area contributed by atoms with E-state index in [2.05, 4.69) is 9.97 Å². The molecule has 3 aliphatic rings. The van der Waals surface area contributed by atoms with E-state index in [4.69, 9.17) is 9.47 Å². The van der Waals surface area contributed by atoms with Crippen molar-refractivity contribution in [2.24, 2.45) is 0 Å². The standard InChI is InChI=1S/C19H17N3O3/c23-19(6-2-12-1-5-17-18(7-12)25-11-24-17)22-13-3-4-16(22)14-9-20-10-21-15(14)8-13/h1-2,5-7,9-10,13,16H,3-4,8,11H2. The number of hydrogen-bond acceptors (Lipinski definition) is 5. The minimum absolute atomic E-state index is 0.0414. The van der Waals surface area contributed by atoms with E-state index in [9.17, 15) is 4.79 Å². The first-order valence-corrected chi connectivity index (χ1v) is 8.48. The Bertz CT molecular complexity index is 880. The molecule has 0 spiro atoms. The second-order valence-corrected chi connectivity index (χ2v) is 6.57. The van der Waals surface area contributed by atoms with E-state index >= 15 is 0 Å². The topological polar surface area (TPSA) is 64.6 Å². The van der Waals surface area contributed by atoms with Crippen molar-refractivity contribution in [1.82, 2.24) is 14.9 Å². The average Bonchev–Trinajstić information content (AvgIpc) is 3.23. The smallest absolute Gasteiger partial charge is 0.247 e. The summed E-state index contributed by atoms with van der Waals surface area (Å²) in [5.41, 5.74) is 3.11. The Morgan fingerprint density at radius 1 is 1.24 bits per heavy atom. The van der Waals surface area contributed by atoms with Crippen molar-refractivity contribution >= 4 is 12.0 Å². The lowest BCUT2D eigenvalue weighted by molar-refractivity contribution is -0.129. The molecule has 2 atom stereocenters. The first-order chi connectivity index (χ1) is 12.3. The van der Waals surface area contributed by atoms with E-state index in [1.807, 2.05) is 35.4 Å². The summed E-state index contributed by atoms with van der Waals surface area (Å²) in [5.74, 6) is 1.51. The molecular weight excluding hydrogens is 318 g/mol. The molecule has 0 N–H and O–H groups in total. The molecule has 5 rings (SSSR count). The number of aromatic nitrogens is 2. The normalized spacial score (nSPS) is 23.1. The molecule has 6 heteroatoms. The molecule has 3 aliphatic heterocycles. The molecule has 1 saturated heterocycles. The van der Waals surface area contributed by atoms with Crippen LogP contribution < -0.4 is 9.47 Å². The van der Waals surface area contributed by atoms with Crippen LogP contribution >= 0.6 is 0 Å². The molecule has 4 heterocycles. The van der Waals surface area contributed by atoms with Crippen LogP contribution in [0.5, 0.6) is 11.5 Å². The van der Waals surface area contributed by atoms with Crippen LogP contribution in [0.1, 0.15) is 35.7 Å². The van der Waals surface area contributed by atoms with Gasteiger partial charge in [0, 0.05) is 30.3 Å². The van der Waals surface area contributed by atoms with Crippen molar-refractivity contribution in [1.29, 1.82) is 0 Å². The van der Waals surface area contributed by atoms with Crippen LogP contribution in [0.25, 0.3) is 6.08 Å². The van der Waals surface area contributed by atoms with Gasteiger partial charge in [0.25, 0.3) is 0 Å². The highest BCUT2D eigenvalue weighted by Crippen LogP contribution is 2.42. The third kappa shape index (κ3) is 2.36. The van der Waals surface area contributed by atoms with Crippen molar-refractivity contribution in [3.63, 3.8) is 0 Å². The second-order valence-electron chi connectivity index (χ2n) is 6.57. The fraction of sp³-hybridized carbons (Fsp3) is 0.316. The number of nitrogens with zero attached hydrogens (tertiary/aromatic N) is 3. The summed E-state index contributed by atoms with van der Waals surface area (Å²) in [7, 11) is 0. The quantitative estimate of drug-likeness (QED) is 0.789. The lowest BCUT2D eigenvalue weighted by atomic mass is 9.99. The Hall–Kier alpha value is -2.89. The van der Waals surface area contributed by atoms with E-state index in [0.717, 1.165) is 47.6 Å². The van der Waals surface area contributed by atoms with Gasteiger partial charge in [-0.25, -0.2) is 9.97 Å². The fourth-order valence-corrected chi connectivity index (χ4v) is 4.03. The third-order valence-corrected chi connectivity index (χ3v) is 5.19. The molecule has 25 heavy (non-hydrogen) atoms. The van der Waals surface area contributed by atoms with Gasteiger partial charge in [-0.15, -0.1) is 0 Å². The summed E-state index contributed by atoms with van der Waals surface area (Å²) in [6.07, 6.45) is 9.75. The summed E-state index contributed by atoms with van der Waals surface area (Å²) in [6, 6.07) is 6.01. The molecule has 1 amide bonds. The second kappa shape index (κ2) is 5.58. The highest BCUT2D eigenvalue weighted by Gasteiger charge is 2.42. The third-order valence-electron chi connectivity index (χ3n) is 5.19. The molecule has 2 unspecified atom stereocenters. The molecule has 0 saturated carbocycles. The van der Waals surface area contributed by atoms with Gasteiger partial charge in [0.05, 0.1) is 11.7 Å². The summed E-state index contributed by atoms with van der Waals surface area (Å²) < 4.78 is 10.7. The van der Waals surface area contributed by atoms with Crippen LogP contribution in [0.2, 0.25) is 0 Å². The molecule has 6 nitrogen and oxygen atoms in total. The maximum atomic E-state index is 12.8. The highest BCUT2D eigenvalue weighted by atomic mass is 16.7. The first-order valence-electron chi connectivity index (χ1n) is 8.48. The van der Waals surface area contributed by atoms with Crippen LogP contribution in [0.15, 0.2) is 36.8 Å². The number of benzene rings is 1. The van der Waals surface area contributed by atoms with Gasteiger partial charge >= 0.3 is 0 Å². The van der Waals surface area contributed by atoms with Gasteiger partial charge in [-0.2, -0.15) is 0 Å². The Balaban J connectivity index is 1.38. The van der Waals surface area contributed by atoms with Gasteiger partial charge in [0.2, 0.25) is 12.7 Å². The zero-order chi connectivity index (χ0) is 16.8. The Morgan fingerprint density at radius 2 is 2.16 bits per heavy atom. The summed E-state index contributed by atoms with van der Waals surface area (Å²) in [5, 5.41) is 0. The number of rotatable bonds is 2. The van der Waals surface area contributed by atoms with Gasteiger partial charge in [-0.1, -0.05) is 6.07 Å². The van der Waals surface area contributed by atoms with E-state index in [0.29, 0.717) is 0 Å². The van der Waals surface area contributed by atoms with E-state index in [1.54, 1.807) is 12.4 Å². The lowest BCUT2D eigenvalue weighted by Gasteiger charge is -2.34. The number of amides is 1. The molecule has 1 aromatic carbocycles. The van der Waals surface area contributed by atoms with Gasteiger partial charge < -0.3 is 14.4 Å². The van der Waals surface area contributed by atoms with Crippen molar-refractivity contribution < 1.29 is 14.3 Å². The van der Waals surface area contributed by atoms with Crippen molar-refractivity contribution in [3.8, 4) is 11.5 Å². The SMILES string of the molecule is O=C(C=Cc1ccc2c(c1)OCO2)N1C2CCC1c1cncnc1C2. The van der Waals surface area contributed by atoms with Crippen LogP contribution in [0.3, 0.4) is 0 Å². The predicted octanol–water partition coefficient (Wildman–Crippen LogP) is 2.51. The fourth-order valence-electron chi connectivity index (χ4n) is 4.03. The van der Waals surface area contributed by atoms with Crippen LogP contribution in [0, 0.1) is 0 Å². The zero-order valence-corrected chi connectivity index (χ0v) is 13.6. The molecule has 1 fully saturated rings. The number of carbonyl (C=O) groups is 1. The average molecular weight is 335 g/mol. The van der Waals surface area contributed by atoms with Gasteiger partial charge in [0.1, 0.15) is 6.33 Å². The Kier molecular flexibility index (Phi) is 3.23. The molecule has 1 aromatic heterocycles. The first kappa shape index (κ1) is 14.5. The van der Waals surface area contributed by atoms with E-state index in [-0.39, 0.29) is 24.8 Å². The van der Waals surface area contributed by atoms with E-state index in [1.165, 1.54) is 0 Å². The highest BCUT2D eigenvalue weighted by molar-refractivity contribution is 5.92.